The molecule has 0 saturated carbocycles. The van der Waals surface area contributed by atoms with E-state index in [2.05, 4.69) is 68.1 Å². The first kappa shape index (κ1) is 83.2. The van der Waals surface area contributed by atoms with Crippen molar-refractivity contribution in [1.29, 1.82) is 0 Å². The van der Waals surface area contributed by atoms with Crippen molar-refractivity contribution in [3.05, 3.63) is 89.4 Å². The van der Waals surface area contributed by atoms with Gasteiger partial charge in [-0.3, -0.25) is 62.5 Å². The molecule has 2 aromatic heterocycles. The second-order valence-electron chi connectivity index (χ2n) is 25.8. The summed E-state index contributed by atoms with van der Waals surface area (Å²) in [4.78, 5) is 172. The molecule has 4 aromatic rings. The zero-order valence-electron chi connectivity index (χ0n) is 57.8. The number of hydrogen-bond acceptors (Lipinski definition) is 15. The third-order valence-electron chi connectivity index (χ3n) is 16.0. The number of aliphatic imine (C=N–C) groups is 1. The van der Waals surface area contributed by atoms with Crippen LogP contribution in [0.2, 0.25) is 0 Å². The number of carbonyl (C=O) groups is 12. The van der Waals surface area contributed by atoms with Gasteiger partial charge in [-0.2, -0.15) is 13.2 Å². The molecule has 20 N–H and O–H groups in total. The van der Waals surface area contributed by atoms with E-state index in [0.717, 1.165) is 6.07 Å². The number of para-hydroxylation sites is 1. The van der Waals surface area contributed by atoms with Crippen LogP contribution in [0.3, 0.4) is 0 Å². The lowest BCUT2D eigenvalue weighted by Gasteiger charge is -2.28. The van der Waals surface area contributed by atoms with Crippen molar-refractivity contribution < 1.29 is 80.2 Å². The molecule has 12 amide bonds. The minimum absolute atomic E-state index is 0.00699. The Kier molecular flexibility index (Phi) is 33.1. The number of guanidine groups is 1. The number of aliphatic hydroxyl groups is 1. The number of aromatic nitrogens is 3. The number of fused-ring (bicyclic) bond motifs is 1. The number of H-pyrrole nitrogens is 1. The fraction of sp³-hybridized carbons (Fsp3) is 0.545. The number of rotatable bonds is 42. The predicted molar refractivity (Wildman–Crippen MR) is 363 cm³/mol. The van der Waals surface area contributed by atoms with Crippen molar-refractivity contribution >= 4 is 87.7 Å². The lowest BCUT2D eigenvalue weighted by molar-refractivity contribution is -0.140. The summed E-state index contributed by atoms with van der Waals surface area (Å²) in [6.45, 7) is 11.1. The standard InChI is InChI=1S/C66H96F4N18O13/c1-34(2)24-47(51(89)29-54(92)82-48(57(72)94)25-35(3)4)85-63(100)50(28-40-31-75-33-88(40)8)83-55(93)32-79-64(101)56(36(5)6)87-58(95)37(7)80-62(99)49(27-39-30-78-44-15-10-9-14-41(39)44)86-61(98)46(20-21-52(71)90)81-53(91)17-11-12-22-76-60(97)45(16-13-23-77-65(73)74)84-59(96)38-18-19-43(67)42(26-38)66(68,69)70/h9-10,14-15,18-19,26,30-31,33-37,45-51,56,78,89H,11-13,16-17,20-25,27-29,32H2,1-8H3,(H2,71,90)(H2,72,94)(H,76,97)(H,79,101)(H,80,99)(H,81,91)(H,82,92)(H,83,93)(H,84,96)(H,85,100)(H,86,98)(H,87,95)(H4,73,74,77)/t37-,45-,46-,47-,48-,49-,50-,51-,56-/m0/s1/i67-1. The molecule has 0 unspecified atom stereocenters. The lowest BCUT2D eigenvalue weighted by atomic mass is 9.96. The van der Waals surface area contributed by atoms with Gasteiger partial charge in [-0.15, -0.1) is 0 Å². The Labute approximate surface area is 581 Å². The number of aryl methyl sites for hydroxylation is 1. The molecule has 0 aliphatic rings. The Hall–Kier alpha value is -10.2. The molecule has 0 aliphatic heterocycles. The minimum atomic E-state index is -5.12. The fourth-order valence-corrected chi connectivity index (χ4v) is 10.6. The number of alkyl halides is 3. The number of carbonyl (C=O) groups excluding carboxylic acids is 12. The zero-order valence-corrected chi connectivity index (χ0v) is 57.8. The average Bonchev–Trinajstić information content (AvgIpc) is 1.56. The largest absolute Gasteiger partial charge is 0.419 e. The second-order valence-corrected chi connectivity index (χ2v) is 25.8. The molecule has 2 aromatic carbocycles. The van der Waals surface area contributed by atoms with Crippen molar-refractivity contribution in [3.8, 4) is 0 Å². The van der Waals surface area contributed by atoms with Crippen molar-refractivity contribution in [2.45, 2.75) is 186 Å². The van der Waals surface area contributed by atoms with Gasteiger partial charge < -0.3 is 90.8 Å². The highest BCUT2D eigenvalue weighted by molar-refractivity contribution is 5.99. The van der Waals surface area contributed by atoms with Crippen LogP contribution < -0.4 is 76.1 Å². The average molecular weight is 1420 g/mol. The molecular weight excluding hydrogens is 1330 g/mol. The van der Waals surface area contributed by atoms with Gasteiger partial charge in [-0.1, -0.05) is 59.7 Å². The summed E-state index contributed by atoms with van der Waals surface area (Å²) in [5, 5.41) is 37.7. The number of imidazole rings is 1. The van der Waals surface area contributed by atoms with Gasteiger partial charge in [-0.05, 0) is 99.5 Å². The molecule has 101 heavy (non-hydrogen) atoms. The van der Waals surface area contributed by atoms with E-state index < -0.39 is 174 Å². The number of halogens is 4. The Morgan fingerprint density at radius 1 is 0.644 bits per heavy atom. The maximum absolute atomic E-state index is 14.4. The first-order chi connectivity index (χ1) is 47.4. The quantitative estimate of drug-likeness (QED) is 0.0118. The normalized spacial score (nSPS) is 14.1. The Bertz CT molecular complexity index is 3560. The van der Waals surface area contributed by atoms with Gasteiger partial charge in [0.2, 0.25) is 65.0 Å². The topological polar surface area (TPSA) is 495 Å². The number of benzene rings is 2. The Morgan fingerprint density at radius 2 is 1.28 bits per heavy atom. The highest BCUT2D eigenvalue weighted by atomic mass is 19.4. The van der Waals surface area contributed by atoms with Crippen molar-refractivity contribution in [2.24, 2.45) is 52.7 Å². The second kappa shape index (κ2) is 40.1. The van der Waals surface area contributed by atoms with Gasteiger partial charge >= 0.3 is 6.18 Å². The predicted octanol–water partition coefficient (Wildman–Crippen LogP) is -0.237. The highest BCUT2D eigenvalue weighted by Crippen LogP contribution is 2.32. The minimum Gasteiger partial charge on any atom is -0.390 e. The van der Waals surface area contributed by atoms with E-state index in [0.29, 0.717) is 34.3 Å². The lowest BCUT2D eigenvalue weighted by Crippen LogP contribution is -2.59. The summed E-state index contributed by atoms with van der Waals surface area (Å²) >= 11 is 0. The third kappa shape index (κ3) is 28.5. The monoisotopic (exact) mass is 1420 g/mol. The summed E-state index contributed by atoms with van der Waals surface area (Å²) in [7, 11) is 1.67. The van der Waals surface area contributed by atoms with E-state index in [1.165, 1.54) is 19.4 Å². The van der Waals surface area contributed by atoms with Crippen molar-refractivity contribution in [1.82, 2.24) is 67.7 Å². The first-order valence-corrected chi connectivity index (χ1v) is 33.1. The summed E-state index contributed by atoms with van der Waals surface area (Å²) < 4.78 is 55.9. The van der Waals surface area contributed by atoms with Gasteiger partial charge in [0, 0.05) is 80.4 Å². The molecule has 0 fully saturated rings. The third-order valence-corrected chi connectivity index (χ3v) is 16.0. The van der Waals surface area contributed by atoms with Crippen LogP contribution in [0.1, 0.15) is 140 Å². The van der Waals surface area contributed by atoms with E-state index in [1.54, 1.807) is 55.9 Å². The molecule has 4 rings (SSSR count). The van der Waals surface area contributed by atoms with Gasteiger partial charge in [0.1, 0.15) is 48.1 Å². The molecule has 0 spiro atoms. The number of primary amides is 2. The fourth-order valence-electron chi connectivity index (χ4n) is 10.6. The van der Waals surface area contributed by atoms with Crippen LogP contribution in [0.25, 0.3) is 10.9 Å². The number of aromatic amines is 1. The number of nitrogens with one attached hydrogen (secondary N) is 11. The van der Waals surface area contributed by atoms with Crippen molar-refractivity contribution in [3.63, 3.8) is 0 Å². The Morgan fingerprint density at radius 3 is 1.90 bits per heavy atom. The molecule has 556 valence electrons. The van der Waals surface area contributed by atoms with Gasteiger partial charge in [0.25, 0.3) is 5.91 Å². The van der Waals surface area contributed by atoms with Crippen LogP contribution >= 0.6 is 0 Å². The molecule has 0 bridgehead atoms. The number of aliphatic hydroxyl groups excluding tert-OH is 1. The number of nitrogens with zero attached hydrogens (tertiary/aromatic N) is 3. The van der Waals surface area contributed by atoms with E-state index >= 15 is 0 Å². The van der Waals surface area contributed by atoms with Gasteiger partial charge in [-0.25, -0.2) is 9.37 Å². The number of hydrogen-bond donors (Lipinski definition) is 16. The maximum atomic E-state index is 14.4. The van der Waals surface area contributed by atoms with Crippen LogP contribution in [0, 0.1) is 23.6 Å². The van der Waals surface area contributed by atoms with Crippen LogP contribution in [0.5, 0.6) is 0 Å². The first-order valence-electron chi connectivity index (χ1n) is 33.1. The molecule has 0 saturated heterocycles. The van der Waals surface area contributed by atoms with Crippen molar-refractivity contribution in [2.75, 3.05) is 19.6 Å². The highest BCUT2D eigenvalue weighted by Gasteiger charge is 2.37. The van der Waals surface area contributed by atoms with Gasteiger partial charge in [0.05, 0.1) is 37.0 Å². The van der Waals surface area contributed by atoms with Gasteiger partial charge in [0.15, 0.2) is 5.96 Å². The number of unbranched alkanes of at least 4 members (excludes halogenated alkanes) is 1. The molecule has 2 heterocycles. The molecule has 0 aliphatic carbocycles. The number of amides is 12. The van der Waals surface area contributed by atoms with Crippen LogP contribution in [0.4, 0.5) is 17.6 Å². The SMILES string of the molecule is CC(C)C[C@H](NC(=O)C[C@H](O)[C@H](CC(C)C)NC(=O)[C@H](Cc1cncn1C)NC(=O)CNC(=O)[C@@H](NC(=O)[C@H](C)NC(=O)[C@H](Cc1c[nH]c2ccccc12)NC(=O)[C@H](CCC(N)=O)NC(=O)CCCCNC(=O)[C@H](CCCN=C(N)N)NC(=O)c1ccc([18F])c(C(F)(F)F)c1)C(C)C)C(N)=O. The Balaban J connectivity index is 1.43. The molecule has 0 radical (unpaired) electrons. The van der Waals surface area contributed by atoms with E-state index in [9.17, 15) is 80.2 Å². The van der Waals surface area contributed by atoms with Crippen LogP contribution in [0.15, 0.2) is 66.2 Å². The van der Waals surface area contributed by atoms with E-state index in [-0.39, 0.29) is 95.1 Å². The molecular formula is C66H96F4N18O13. The van der Waals surface area contributed by atoms with E-state index in [1.807, 2.05) is 27.7 Å². The number of nitrogens with two attached hydrogens (primary N) is 4. The van der Waals surface area contributed by atoms with E-state index in [4.69, 9.17) is 22.9 Å². The maximum Gasteiger partial charge on any atom is 0.419 e. The van der Waals surface area contributed by atoms with Crippen LogP contribution in [-0.2, 0) is 78.8 Å². The molecule has 35 heteroatoms. The summed E-state index contributed by atoms with van der Waals surface area (Å²) in [5.41, 5.74) is 21.2. The molecule has 31 nitrogen and oxygen atoms in total. The zero-order chi connectivity index (χ0) is 75.4. The summed E-state index contributed by atoms with van der Waals surface area (Å²) in [5.74, 6) is -12.5. The summed E-state index contributed by atoms with van der Waals surface area (Å²) in [6, 6.07) is -1.65. The smallest absolute Gasteiger partial charge is 0.390 e. The summed E-state index contributed by atoms with van der Waals surface area (Å²) in [6.07, 6.45) is -3.05. The van der Waals surface area contributed by atoms with Crippen LogP contribution in [-0.4, -0.2) is 171 Å². The molecule has 9 atom stereocenters.